The molecule has 0 fully saturated rings. The molecule has 5 heteroatoms. The van der Waals surface area contributed by atoms with Crippen molar-refractivity contribution >= 4 is 97.1 Å². The highest BCUT2D eigenvalue weighted by Gasteiger charge is 2.19. The summed E-state index contributed by atoms with van der Waals surface area (Å²) in [4.78, 5) is 15.5. The number of rotatable bonds is 1. The number of furan rings is 1. The fourth-order valence-corrected chi connectivity index (χ4v) is 7.82. The summed E-state index contributed by atoms with van der Waals surface area (Å²) < 4.78 is 8.97. The van der Waals surface area contributed by atoms with Crippen molar-refractivity contribution in [3.8, 4) is 11.4 Å². The summed E-state index contributed by atoms with van der Waals surface area (Å²) in [5, 5.41) is 10.9. The van der Waals surface area contributed by atoms with Crippen LogP contribution in [0.3, 0.4) is 0 Å². The van der Waals surface area contributed by atoms with Crippen LogP contribution in [0.4, 0.5) is 0 Å². The summed E-state index contributed by atoms with van der Waals surface area (Å²) in [6, 6.07) is 44.6. The molecule has 0 amide bonds. The van der Waals surface area contributed by atoms with E-state index < -0.39 is 0 Å². The van der Waals surface area contributed by atoms with E-state index in [9.17, 15) is 0 Å². The first-order chi connectivity index (χ1) is 21.8. The van der Waals surface area contributed by atoms with Crippen molar-refractivity contribution in [2.45, 2.75) is 0 Å². The highest BCUT2D eigenvalue weighted by molar-refractivity contribution is 7.26. The van der Waals surface area contributed by atoms with E-state index in [4.69, 9.17) is 19.4 Å². The molecule has 0 unspecified atom stereocenters. The van der Waals surface area contributed by atoms with Gasteiger partial charge in [-0.3, -0.25) is 0 Å². The van der Waals surface area contributed by atoms with Crippen LogP contribution in [-0.4, -0.2) is 15.0 Å². The molecule has 10 rings (SSSR count). The molecular formula is C39H21N3OS. The predicted molar refractivity (Wildman–Crippen MR) is 184 cm³/mol. The third kappa shape index (κ3) is 3.41. The summed E-state index contributed by atoms with van der Waals surface area (Å²) in [6.45, 7) is 0. The van der Waals surface area contributed by atoms with E-state index in [2.05, 4.69) is 109 Å². The zero-order chi connectivity index (χ0) is 28.8. The number of hydrogen-bond acceptors (Lipinski definition) is 5. The van der Waals surface area contributed by atoms with Crippen LogP contribution in [0.15, 0.2) is 132 Å². The van der Waals surface area contributed by atoms with E-state index in [1.165, 1.54) is 15.5 Å². The van der Waals surface area contributed by atoms with Crippen LogP contribution in [0, 0.1) is 0 Å². The molecule has 204 valence electrons. The van der Waals surface area contributed by atoms with E-state index in [1.54, 1.807) is 11.3 Å². The zero-order valence-corrected chi connectivity index (χ0v) is 24.1. The Hall–Kier alpha value is -5.65. The molecule has 0 saturated heterocycles. The molecule has 10 aromatic rings. The van der Waals surface area contributed by atoms with Crippen LogP contribution in [0.25, 0.3) is 97.1 Å². The summed E-state index contributed by atoms with van der Waals surface area (Å²) in [5.41, 5.74) is 3.91. The summed E-state index contributed by atoms with van der Waals surface area (Å²) in [6.07, 6.45) is 0. The molecule has 0 aliphatic rings. The Morgan fingerprint density at radius 2 is 1.16 bits per heavy atom. The van der Waals surface area contributed by atoms with Gasteiger partial charge in [-0.1, -0.05) is 97.1 Å². The Morgan fingerprint density at radius 1 is 0.432 bits per heavy atom. The number of hydrogen-bond donors (Lipinski definition) is 0. The molecule has 0 radical (unpaired) electrons. The van der Waals surface area contributed by atoms with Gasteiger partial charge in [0.1, 0.15) is 11.2 Å². The Labute approximate surface area is 254 Å². The van der Waals surface area contributed by atoms with Crippen LogP contribution >= 0.6 is 11.3 Å². The predicted octanol–water partition coefficient (Wildman–Crippen LogP) is 11.0. The molecule has 6 aromatic carbocycles. The molecule has 0 aliphatic carbocycles. The normalized spacial score (nSPS) is 12.1. The Bertz CT molecular complexity index is 2830. The lowest BCUT2D eigenvalue weighted by molar-refractivity contribution is 0.670. The van der Waals surface area contributed by atoms with Gasteiger partial charge in [-0.25, -0.2) is 15.0 Å². The third-order valence-electron chi connectivity index (χ3n) is 8.66. The van der Waals surface area contributed by atoms with Crippen molar-refractivity contribution in [2.24, 2.45) is 0 Å². The summed E-state index contributed by atoms with van der Waals surface area (Å²) in [7, 11) is 0. The van der Waals surface area contributed by atoms with Crippen LogP contribution in [0.2, 0.25) is 0 Å². The van der Waals surface area contributed by atoms with Gasteiger partial charge >= 0.3 is 0 Å². The molecular weight excluding hydrogens is 559 g/mol. The number of fused-ring (bicyclic) bond motifs is 14. The minimum Gasteiger partial charge on any atom is -0.456 e. The van der Waals surface area contributed by atoms with Gasteiger partial charge in [-0.2, -0.15) is 0 Å². The first-order valence-corrected chi connectivity index (χ1v) is 15.4. The van der Waals surface area contributed by atoms with Gasteiger partial charge in [0.15, 0.2) is 17.1 Å². The van der Waals surface area contributed by atoms with Crippen LogP contribution in [0.1, 0.15) is 0 Å². The van der Waals surface area contributed by atoms with E-state index in [0.717, 1.165) is 64.5 Å². The van der Waals surface area contributed by atoms with Crippen LogP contribution in [0.5, 0.6) is 0 Å². The Kier molecular flexibility index (Phi) is 4.84. The quantitative estimate of drug-likeness (QED) is 0.194. The second-order valence-corrected chi connectivity index (χ2v) is 12.3. The molecule has 44 heavy (non-hydrogen) atoms. The lowest BCUT2D eigenvalue weighted by atomic mass is 10.0. The lowest BCUT2D eigenvalue weighted by Gasteiger charge is -2.05. The summed E-state index contributed by atoms with van der Waals surface area (Å²) >= 11 is 1.77. The number of thiophene rings is 1. The topological polar surface area (TPSA) is 51.8 Å². The first kappa shape index (κ1) is 23.9. The van der Waals surface area contributed by atoms with Crippen molar-refractivity contribution in [1.29, 1.82) is 0 Å². The maximum Gasteiger partial charge on any atom is 0.165 e. The Morgan fingerprint density at radius 3 is 2.02 bits per heavy atom. The van der Waals surface area contributed by atoms with Crippen molar-refractivity contribution in [2.75, 3.05) is 0 Å². The molecule has 0 spiro atoms. The smallest absolute Gasteiger partial charge is 0.165 e. The maximum atomic E-state index is 6.60. The molecule has 0 atom stereocenters. The molecule has 0 aliphatic heterocycles. The van der Waals surface area contributed by atoms with Gasteiger partial charge in [0.25, 0.3) is 0 Å². The molecule has 0 N–H and O–H groups in total. The third-order valence-corrected chi connectivity index (χ3v) is 9.78. The fourth-order valence-electron chi connectivity index (χ4n) is 6.68. The van der Waals surface area contributed by atoms with Gasteiger partial charge in [0.2, 0.25) is 0 Å². The molecule has 4 aromatic heterocycles. The van der Waals surface area contributed by atoms with Crippen molar-refractivity contribution in [1.82, 2.24) is 15.0 Å². The average Bonchev–Trinajstić information content (AvgIpc) is 3.64. The van der Waals surface area contributed by atoms with Crippen LogP contribution in [-0.2, 0) is 0 Å². The SMILES string of the molecule is c1ccc(-c2nc3nc(n2)c2c4c(cc5sc6ccccc6c52)oc2ccc(cc24)c2ccccc2c2cccc3c2)cc1. The second-order valence-electron chi connectivity index (χ2n) is 11.2. The molecule has 6 bridgehead atoms. The zero-order valence-electron chi connectivity index (χ0n) is 23.3. The van der Waals surface area contributed by atoms with E-state index >= 15 is 0 Å². The lowest BCUT2D eigenvalue weighted by Crippen LogP contribution is -1.94. The van der Waals surface area contributed by atoms with Crippen molar-refractivity contribution < 1.29 is 4.42 Å². The maximum absolute atomic E-state index is 6.60. The average molecular weight is 580 g/mol. The highest BCUT2D eigenvalue weighted by Crippen LogP contribution is 2.45. The highest BCUT2D eigenvalue weighted by atomic mass is 32.1. The second kappa shape index (κ2) is 8.93. The molecule has 4 heterocycles. The minimum atomic E-state index is 0.642. The fraction of sp³-hybridized carbons (Fsp3) is 0. The number of nitrogens with zero attached hydrogens (tertiary/aromatic N) is 3. The van der Waals surface area contributed by atoms with Crippen molar-refractivity contribution in [3.63, 3.8) is 0 Å². The van der Waals surface area contributed by atoms with Gasteiger partial charge in [-0.05, 0) is 51.9 Å². The Balaban J connectivity index is 1.58. The van der Waals surface area contributed by atoms with E-state index in [-0.39, 0.29) is 0 Å². The minimum absolute atomic E-state index is 0.642. The molecule has 0 saturated carbocycles. The van der Waals surface area contributed by atoms with Crippen LogP contribution < -0.4 is 0 Å². The largest absolute Gasteiger partial charge is 0.456 e. The monoisotopic (exact) mass is 579 g/mol. The summed E-state index contributed by atoms with van der Waals surface area (Å²) in [5.74, 6) is 0.643. The molecule has 4 nitrogen and oxygen atoms in total. The standard InChI is InChI=1S/C39H21N3OS/c1-2-9-22(10-3-1)37-40-38-25-12-8-11-23(19-25)26-13-4-5-14-27(26)24-17-18-30-29(20-24)34-31(43-30)21-33-35(36(34)39(41-37)42-38)28-15-6-7-16-32(28)44-33/h1-21H. The first-order valence-electron chi connectivity index (χ1n) is 14.6. The van der Waals surface area contributed by atoms with E-state index in [1.807, 2.05) is 18.2 Å². The van der Waals surface area contributed by atoms with E-state index in [0.29, 0.717) is 17.1 Å². The van der Waals surface area contributed by atoms with Gasteiger partial charge in [0, 0.05) is 47.3 Å². The van der Waals surface area contributed by atoms with Gasteiger partial charge < -0.3 is 4.42 Å². The van der Waals surface area contributed by atoms with Crippen molar-refractivity contribution in [3.05, 3.63) is 127 Å². The number of benzene rings is 6. The number of aromatic nitrogens is 3. The van der Waals surface area contributed by atoms with Gasteiger partial charge in [0.05, 0.1) is 0 Å². The van der Waals surface area contributed by atoms with Gasteiger partial charge in [-0.15, -0.1) is 11.3 Å².